The summed E-state index contributed by atoms with van der Waals surface area (Å²) in [6.07, 6.45) is 0.648. The van der Waals surface area contributed by atoms with Crippen LogP contribution in [0.15, 0.2) is 40.9 Å². The van der Waals surface area contributed by atoms with Crippen LogP contribution in [0.3, 0.4) is 0 Å². The van der Waals surface area contributed by atoms with E-state index in [2.05, 4.69) is 27.8 Å². The second kappa shape index (κ2) is 9.90. The lowest BCUT2D eigenvalue weighted by Crippen LogP contribution is -2.58. The van der Waals surface area contributed by atoms with E-state index in [0.29, 0.717) is 41.2 Å². The summed E-state index contributed by atoms with van der Waals surface area (Å²) in [5.74, 6) is -0.0893. The standard InChI is InChI=1S/C22H23BrClFN2O3/c1-14-10-27(15(2)9-26(14)11-16-3-5-19(25)6-4-16)21(29)13-30-22-17(12-28)7-18(24)8-20(22)23/h3-8,12,14-15H,9-11,13H2,1-2H3/t14-,15+/m1/s1. The molecule has 1 aliphatic rings. The molecule has 1 aliphatic heterocycles. The lowest BCUT2D eigenvalue weighted by molar-refractivity contribution is -0.139. The van der Waals surface area contributed by atoms with Crippen LogP contribution >= 0.6 is 27.5 Å². The molecule has 0 saturated carbocycles. The average molecular weight is 498 g/mol. The number of amides is 1. The number of halogens is 3. The third-order valence-corrected chi connectivity index (χ3v) is 6.05. The second-order valence-corrected chi connectivity index (χ2v) is 8.80. The minimum Gasteiger partial charge on any atom is -0.482 e. The van der Waals surface area contributed by atoms with Gasteiger partial charge in [0.15, 0.2) is 12.9 Å². The molecule has 1 fully saturated rings. The number of hydrogen-bond donors (Lipinski definition) is 0. The van der Waals surface area contributed by atoms with Crippen molar-refractivity contribution < 1.29 is 18.7 Å². The number of benzene rings is 2. The first-order chi connectivity index (χ1) is 14.3. The molecular weight excluding hydrogens is 475 g/mol. The minimum absolute atomic E-state index is 0.00283. The summed E-state index contributed by atoms with van der Waals surface area (Å²) in [6, 6.07) is 9.75. The Morgan fingerprint density at radius 2 is 1.93 bits per heavy atom. The van der Waals surface area contributed by atoms with E-state index >= 15 is 0 Å². The monoisotopic (exact) mass is 496 g/mol. The molecule has 5 nitrogen and oxygen atoms in total. The van der Waals surface area contributed by atoms with Crippen molar-refractivity contribution in [3.05, 3.63) is 62.8 Å². The Bertz CT molecular complexity index is 925. The van der Waals surface area contributed by atoms with Crippen molar-refractivity contribution in [2.45, 2.75) is 32.5 Å². The summed E-state index contributed by atoms with van der Waals surface area (Å²) in [5.41, 5.74) is 1.32. The predicted octanol–water partition coefficient (Wildman–Crippen LogP) is 4.55. The van der Waals surface area contributed by atoms with Gasteiger partial charge in [-0.05, 0) is 59.6 Å². The number of carbonyl (C=O) groups excluding carboxylic acids is 2. The summed E-state index contributed by atoms with van der Waals surface area (Å²) < 4.78 is 19.3. The lowest BCUT2D eigenvalue weighted by atomic mass is 10.1. The highest BCUT2D eigenvalue weighted by molar-refractivity contribution is 9.10. The molecule has 8 heteroatoms. The highest BCUT2D eigenvalue weighted by Crippen LogP contribution is 2.32. The SMILES string of the molecule is C[C@@H]1CN(C(=O)COc2c(Br)cc(Cl)cc2C=O)[C@@H](C)CN1Cc1ccc(F)cc1. The zero-order chi connectivity index (χ0) is 21.8. The van der Waals surface area contributed by atoms with E-state index in [-0.39, 0.29) is 36.0 Å². The van der Waals surface area contributed by atoms with Gasteiger partial charge in [-0.2, -0.15) is 0 Å². The Hall–Kier alpha value is -1.96. The molecule has 2 atom stereocenters. The number of nitrogens with zero attached hydrogens (tertiary/aromatic N) is 2. The smallest absolute Gasteiger partial charge is 0.260 e. The molecule has 160 valence electrons. The zero-order valence-corrected chi connectivity index (χ0v) is 19.1. The molecule has 0 bridgehead atoms. The third-order valence-electron chi connectivity index (χ3n) is 5.24. The van der Waals surface area contributed by atoms with Crippen LogP contribution in [0.5, 0.6) is 5.75 Å². The fourth-order valence-corrected chi connectivity index (χ4v) is 4.58. The second-order valence-electron chi connectivity index (χ2n) is 7.51. The Kier molecular flexibility index (Phi) is 7.50. The molecule has 0 aliphatic carbocycles. The Balaban J connectivity index is 1.61. The highest BCUT2D eigenvalue weighted by Gasteiger charge is 2.32. The van der Waals surface area contributed by atoms with E-state index in [4.69, 9.17) is 16.3 Å². The molecule has 0 radical (unpaired) electrons. The maximum Gasteiger partial charge on any atom is 0.260 e. The Labute approximate surface area is 188 Å². The molecule has 0 spiro atoms. The molecule has 0 aromatic heterocycles. The van der Waals surface area contributed by atoms with Crippen molar-refractivity contribution in [2.75, 3.05) is 19.7 Å². The van der Waals surface area contributed by atoms with Gasteiger partial charge >= 0.3 is 0 Å². The summed E-state index contributed by atoms with van der Waals surface area (Å²) in [7, 11) is 0. The first-order valence-corrected chi connectivity index (χ1v) is 10.8. The van der Waals surface area contributed by atoms with E-state index in [9.17, 15) is 14.0 Å². The fraction of sp³-hybridized carbons (Fsp3) is 0.364. The van der Waals surface area contributed by atoms with E-state index in [1.54, 1.807) is 23.1 Å². The molecule has 2 aromatic carbocycles. The van der Waals surface area contributed by atoms with Gasteiger partial charge in [-0.15, -0.1) is 0 Å². The first kappa shape index (κ1) is 22.7. The average Bonchev–Trinajstić information content (AvgIpc) is 2.70. The number of piperazine rings is 1. The van der Waals surface area contributed by atoms with Crippen LogP contribution < -0.4 is 4.74 Å². The molecule has 1 amide bonds. The highest BCUT2D eigenvalue weighted by atomic mass is 79.9. The fourth-order valence-electron chi connectivity index (χ4n) is 3.63. The molecule has 1 heterocycles. The van der Waals surface area contributed by atoms with Crippen molar-refractivity contribution in [1.82, 2.24) is 9.80 Å². The molecule has 1 saturated heterocycles. The number of aldehydes is 1. The van der Waals surface area contributed by atoms with E-state index in [1.807, 2.05) is 6.92 Å². The molecule has 0 N–H and O–H groups in total. The van der Waals surface area contributed by atoms with Gasteiger partial charge in [0.05, 0.1) is 10.0 Å². The number of ether oxygens (including phenoxy) is 1. The first-order valence-electron chi connectivity index (χ1n) is 9.63. The topological polar surface area (TPSA) is 49.9 Å². The quantitative estimate of drug-likeness (QED) is 0.549. The van der Waals surface area contributed by atoms with E-state index < -0.39 is 0 Å². The maximum absolute atomic E-state index is 13.1. The van der Waals surface area contributed by atoms with Gasteiger partial charge in [-0.1, -0.05) is 23.7 Å². The molecule has 2 aromatic rings. The number of hydrogen-bond acceptors (Lipinski definition) is 4. The molecule has 3 rings (SSSR count). The molecule has 30 heavy (non-hydrogen) atoms. The van der Waals surface area contributed by atoms with E-state index in [0.717, 1.165) is 5.56 Å². The van der Waals surface area contributed by atoms with Crippen molar-refractivity contribution in [2.24, 2.45) is 0 Å². The normalized spacial score (nSPS) is 19.6. The van der Waals surface area contributed by atoms with Gasteiger partial charge in [0.1, 0.15) is 11.6 Å². The maximum atomic E-state index is 13.1. The Morgan fingerprint density at radius 1 is 1.23 bits per heavy atom. The Morgan fingerprint density at radius 3 is 2.60 bits per heavy atom. The van der Waals surface area contributed by atoms with Crippen molar-refractivity contribution in [1.29, 1.82) is 0 Å². The van der Waals surface area contributed by atoms with Crippen LogP contribution in [0.4, 0.5) is 4.39 Å². The van der Waals surface area contributed by atoms with Crippen LogP contribution in [0, 0.1) is 5.82 Å². The molecule has 0 unspecified atom stereocenters. The lowest BCUT2D eigenvalue weighted by Gasteiger charge is -2.44. The van der Waals surface area contributed by atoms with Crippen LogP contribution in [-0.4, -0.2) is 53.8 Å². The largest absolute Gasteiger partial charge is 0.482 e. The van der Waals surface area contributed by atoms with Gasteiger partial charge < -0.3 is 9.64 Å². The summed E-state index contributed by atoms with van der Waals surface area (Å²) in [6.45, 7) is 5.86. The summed E-state index contributed by atoms with van der Waals surface area (Å²) >= 11 is 9.28. The van der Waals surface area contributed by atoms with Gasteiger partial charge in [0.2, 0.25) is 0 Å². The van der Waals surface area contributed by atoms with Gasteiger partial charge in [-0.3, -0.25) is 14.5 Å². The van der Waals surface area contributed by atoms with Crippen molar-refractivity contribution in [3.63, 3.8) is 0 Å². The van der Waals surface area contributed by atoms with E-state index in [1.165, 1.54) is 18.2 Å². The molecular formula is C22H23BrClFN2O3. The zero-order valence-electron chi connectivity index (χ0n) is 16.8. The number of carbonyl (C=O) groups is 2. The minimum atomic E-state index is -0.249. The predicted molar refractivity (Wildman–Crippen MR) is 117 cm³/mol. The van der Waals surface area contributed by atoms with Crippen molar-refractivity contribution >= 4 is 39.7 Å². The summed E-state index contributed by atoms with van der Waals surface area (Å²) in [4.78, 5) is 28.2. The van der Waals surface area contributed by atoms with Gasteiger partial charge in [-0.25, -0.2) is 4.39 Å². The van der Waals surface area contributed by atoms with Crippen LogP contribution in [0.25, 0.3) is 0 Å². The third kappa shape index (κ3) is 5.39. The van der Waals surface area contributed by atoms with Gasteiger partial charge in [0, 0.05) is 36.7 Å². The van der Waals surface area contributed by atoms with Crippen LogP contribution in [0.2, 0.25) is 5.02 Å². The van der Waals surface area contributed by atoms with Crippen LogP contribution in [0.1, 0.15) is 29.8 Å². The summed E-state index contributed by atoms with van der Waals surface area (Å²) in [5, 5.41) is 0.405. The van der Waals surface area contributed by atoms with Crippen LogP contribution in [-0.2, 0) is 11.3 Å². The van der Waals surface area contributed by atoms with Crippen molar-refractivity contribution in [3.8, 4) is 5.75 Å². The number of rotatable bonds is 6. The van der Waals surface area contributed by atoms with Gasteiger partial charge in [0.25, 0.3) is 5.91 Å².